The lowest BCUT2D eigenvalue weighted by Crippen LogP contribution is -2.21. The zero-order valence-corrected chi connectivity index (χ0v) is 27.5. The zero-order chi connectivity index (χ0) is 32.7. The summed E-state index contributed by atoms with van der Waals surface area (Å²) in [6.07, 6.45) is 12.5. The van der Waals surface area contributed by atoms with Gasteiger partial charge in [0, 0.05) is 41.1 Å². The van der Waals surface area contributed by atoms with Crippen LogP contribution in [0.4, 0.5) is 11.5 Å². The maximum atomic E-state index is 13.6. The lowest BCUT2D eigenvalue weighted by molar-refractivity contribution is 0.0793. The van der Waals surface area contributed by atoms with Crippen LogP contribution in [0, 0.1) is 17.8 Å². The van der Waals surface area contributed by atoms with Gasteiger partial charge in [-0.15, -0.1) is 0 Å². The van der Waals surface area contributed by atoms with E-state index in [0.717, 1.165) is 53.5 Å². The molecule has 0 radical (unpaired) electrons. The minimum atomic E-state index is -1.21. The average Bonchev–Trinajstić information content (AvgIpc) is 3.59. The van der Waals surface area contributed by atoms with Crippen LogP contribution in [0.2, 0.25) is 0 Å². The minimum absolute atomic E-state index is 0.224. The first-order chi connectivity index (χ1) is 22.6. The number of nitrogens with zero attached hydrogens (tertiary/aromatic N) is 5. The third kappa shape index (κ3) is 6.93. The Morgan fingerprint density at radius 2 is 1.85 bits per heavy atom. The van der Waals surface area contributed by atoms with Crippen molar-refractivity contribution < 1.29 is 14.3 Å². The number of hydrogen-bond donors (Lipinski definition) is 3. The lowest BCUT2D eigenvalue weighted by atomic mass is 9.80. The second kappa shape index (κ2) is 12.6. The van der Waals surface area contributed by atoms with E-state index in [1.54, 1.807) is 44.5 Å². The Labute approximate surface area is 275 Å². The second-order valence-electron chi connectivity index (χ2n) is 14.1. The SMILES string of the molecule is CC(C)C1CCC(n2cc3cc(NC(=O)c4cccc(-c5coc(-c6ccnc(NCC7CC7)c6)n5)n4)c(C(C)(C)O)cc3n2)CC1. The van der Waals surface area contributed by atoms with E-state index in [1.165, 1.54) is 25.7 Å². The highest BCUT2D eigenvalue weighted by Gasteiger charge is 2.27. The summed E-state index contributed by atoms with van der Waals surface area (Å²) >= 11 is 0. The number of pyridine rings is 2. The summed E-state index contributed by atoms with van der Waals surface area (Å²) in [5.41, 5.74) is 2.77. The Morgan fingerprint density at radius 1 is 1.04 bits per heavy atom. The van der Waals surface area contributed by atoms with Gasteiger partial charge in [-0.1, -0.05) is 19.9 Å². The van der Waals surface area contributed by atoms with Gasteiger partial charge < -0.3 is 20.2 Å². The number of nitrogens with one attached hydrogen (secondary N) is 2. The lowest BCUT2D eigenvalue weighted by Gasteiger charge is -2.30. The highest BCUT2D eigenvalue weighted by atomic mass is 16.3. The molecule has 7 rings (SSSR count). The van der Waals surface area contributed by atoms with Crippen molar-refractivity contribution >= 4 is 28.3 Å². The largest absolute Gasteiger partial charge is 0.444 e. The number of amides is 1. The summed E-state index contributed by atoms with van der Waals surface area (Å²) in [6.45, 7) is 8.96. The number of carbonyl (C=O) groups is 1. The molecule has 10 heteroatoms. The van der Waals surface area contributed by atoms with E-state index >= 15 is 0 Å². The molecule has 3 N–H and O–H groups in total. The van der Waals surface area contributed by atoms with E-state index in [0.29, 0.717) is 40.5 Å². The van der Waals surface area contributed by atoms with Gasteiger partial charge in [0.05, 0.1) is 22.9 Å². The number of aliphatic hydroxyl groups is 1. The van der Waals surface area contributed by atoms with Gasteiger partial charge in [-0.25, -0.2) is 15.0 Å². The number of benzene rings is 1. The third-order valence-electron chi connectivity index (χ3n) is 9.65. The van der Waals surface area contributed by atoms with Gasteiger partial charge in [0.15, 0.2) is 0 Å². The van der Waals surface area contributed by atoms with Crippen LogP contribution in [0.5, 0.6) is 0 Å². The monoisotopic (exact) mass is 633 g/mol. The topological polar surface area (TPSA) is 131 Å². The standard InChI is InChI=1S/C37H43N7O3/c1-22(2)24-10-12-27(13-11-24)44-20-26-16-32(28(37(3,4)46)18-31(26)43-44)41-35(45)30-7-5-6-29(40-30)33-21-47-36(42-33)25-14-15-38-34(17-25)39-19-23-8-9-23/h5-7,14-18,20-24,27,46H,8-13,19H2,1-4H3,(H,38,39)(H,41,45). The summed E-state index contributed by atoms with van der Waals surface area (Å²) in [7, 11) is 0. The maximum Gasteiger partial charge on any atom is 0.274 e. The van der Waals surface area contributed by atoms with Gasteiger partial charge in [0.25, 0.3) is 5.91 Å². The van der Waals surface area contributed by atoms with Crippen molar-refractivity contribution in [2.24, 2.45) is 17.8 Å². The van der Waals surface area contributed by atoms with Crippen LogP contribution in [-0.2, 0) is 5.60 Å². The fourth-order valence-corrected chi connectivity index (χ4v) is 6.57. The van der Waals surface area contributed by atoms with Gasteiger partial charge in [0.2, 0.25) is 5.89 Å². The van der Waals surface area contributed by atoms with E-state index in [9.17, 15) is 9.90 Å². The predicted molar refractivity (Wildman–Crippen MR) is 183 cm³/mol. The molecule has 2 aliphatic rings. The average molecular weight is 634 g/mol. The Morgan fingerprint density at radius 3 is 2.60 bits per heavy atom. The normalized spacial score (nSPS) is 18.5. The highest BCUT2D eigenvalue weighted by Crippen LogP contribution is 2.38. The van der Waals surface area contributed by atoms with Gasteiger partial charge in [-0.05, 0) is 107 Å². The van der Waals surface area contributed by atoms with Crippen molar-refractivity contribution in [3.63, 3.8) is 0 Å². The van der Waals surface area contributed by atoms with Crippen LogP contribution in [0.1, 0.15) is 88.3 Å². The minimum Gasteiger partial charge on any atom is -0.444 e. The highest BCUT2D eigenvalue weighted by molar-refractivity contribution is 6.04. The first kappa shape index (κ1) is 31.1. The Bertz CT molecular complexity index is 1890. The van der Waals surface area contributed by atoms with Gasteiger partial charge in [0.1, 0.15) is 23.5 Å². The Hall–Kier alpha value is -4.57. The first-order valence-electron chi connectivity index (χ1n) is 16.8. The van der Waals surface area contributed by atoms with E-state index in [2.05, 4.69) is 50.3 Å². The smallest absolute Gasteiger partial charge is 0.274 e. The molecule has 4 aromatic heterocycles. The molecule has 0 aliphatic heterocycles. The van der Waals surface area contributed by atoms with E-state index in [-0.39, 0.29) is 11.6 Å². The van der Waals surface area contributed by atoms with Crippen molar-refractivity contribution in [3.8, 4) is 22.8 Å². The van der Waals surface area contributed by atoms with Crippen LogP contribution in [0.15, 0.2) is 65.5 Å². The molecular formula is C37H43N7O3. The quantitative estimate of drug-likeness (QED) is 0.142. The molecule has 10 nitrogen and oxygen atoms in total. The molecule has 5 aromatic rings. The number of hydrogen-bond acceptors (Lipinski definition) is 8. The third-order valence-corrected chi connectivity index (χ3v) is 9.65. The molecule has 1 aromatic carbocycles. The Kier molecular flexibility index (Phi) is 8.30. The zero-order valence-electron chi connectivity index (χ0n) is 27.5. The number of oxazole rings is 1. The van der Waals surface area contributed by atoms with Gasteiger partial charge in [-0.3, -0.25) is 9.48 Å². The molecule has 0 spiro atoms. The molecule has 0 atom stereocenters. The molecule has 47 heavy (non-hydrogen) atoms. The molecular weight excluding hydrogens is 590 g/mol. The van der Waals surface area contributed by atoms with Crippen LogP contribution in [-0.4, -0.2) is 42.3 Å². The summed E-state index contributed by atoms with van der Waals surface area (Å²) in [4.78, 5) is 27.3. The van der Waals surface area contributed by atoms with Crippen molar-refractivity contribution in [2.45, 2.75) is 77.9 Å². The Balaban J connectivity index is 1.10. The summed E-state index contributed by atoms with van der Waals surface area (Å²) in [5.74, 6) is 3.06. The van der Waals surface area contributed by atoms with E-state index in [1.807, 2.05) is 24.3 Å². The number of rotatable bonds is 10. The molecule has 2 aliphatic carbocycles. The van der Waals surface area contributed by atoms with Crippen LogP contribution < -0.4 is 10.6 Å². The fourth-order valence-electron chi connectivity index (χ4n) is 6.57. The van der Waals surface area contributed by atoms with Crippen LogP contribution >= 0.6 is 0 Å². The summed E-state index contributed by atoms with van der Waals surface area (Å²) in [5, 5.41) is 23.3. The predicted octanol–water partition coefficient (Wildman–Crippen LogP) is 7.84. The van der Waals surface area contributed by atoms with Crippen LogP contribution in [0.3, 0.4) is 0 Å². The number of anilines is 2. The van der Waals surface area contributed by atoms with Crippen molar-refractivity contribution in [1.29, 1.82) is 0 Å². The number of fused-ring (bicyclic) bond motifs is 1. The molecule has 1 amide bonds. The molecule has 2 saturated carbocycles. The number of carbonyl (C=O) groups excluding carboxylic acids is 1. The summed E-state index contributed by atoms with van der Waals surface area (Å²) < 4.78 is 7.89. The molecule has 0 unspecified atom stereocenters. The molecule has 2 fully saturated rings. The summed E-state index contributed by atoms with van der Waals surface area (Å²) in [6, 6.07) is 13.2. The van der Waals surface area contributed by atoms with Crippen molar-refractivity contribution in [3.05, 3.63) is 72.4 Å². The molecule has 0 saturated heterocycles. The van der Waals surface area contributed by atoms with Gasteiger partial charge in [-0.2, -0.15) is 5.10 Å². The van der Waals surface area contributed by atoms with Crippen LogP contribution in [0.25, 0.3) is 33.7 Å². The van der Waals surface area contributed by atoms with E-state index < -0.39 is 5.60 Å². The van der Waals surface area contributed by atoms with Gasteiger partial charge >= 0.3 is 0 Å². The first-order valence-corrected chi connectivity index (χ1v) is 16.8. The number of aromatic nitrogens is 5. The molecule has 244 valence electrons. The maximum absolute atomic E-state index is 13.6. The molecule has 0 bridgehead atoms. The van der Waals surface area contributed by atoms with Crippen molar-refractivity contribution in [2.75, 3.05) is 17.2 Å². The van der Waals surface area contributed by atoms with Crippen molar-refractivity contribution in [1.82, 2.24) is 24.7 Å². The fraction of sp³-hybridized carbons (Fsp3) is 0.432. The second-order valence-corrected chi connectivity index (χ2v) is 14.1. The van der Waals surface area contributed by atoms with E-state index in [4.69, 9.17) is 9.52 Å². The molecule has 4 heterocycles.